The van der Waals surface area contributed by atoms with Gasteiger partial charge in [0, 0.05) is 23.6 Å². The lowest BCUT2D eigenvalue weighted by molar-refractivity contribution is -0.132. The van der Waals surface area contributed by atoms with Gasteiger partial charge < -0.3 is 14.6 Å². The molecule has 2 aromatic carbocycles. The lowest BCUT2D eigenvalue weighted by atomic mass is 9.96. The molecule has 1 amide bonds. The fourth-order valence-electron chi connectivity index (χ4n) is 3.66. The number of carbonyl (C=O) groups excluding carboxylic acids is 2. The van der Waals surface area contributed by atoms with Crippen LogP contribution in [-0.4, -0.2) is 36.0 Å². The van der Waals surface area contributed by atoms with Crippen LogP contribution in [0.3, 0.4) is 0 Å². The molecule has 1 aromatic heterocycles. The summed E-state index contributed by atoms with van der Waals surface area (Å²) in [5.41, 5.74) is 1.45. The van der Waals surface area contributed by atoms with E-state index in [2.05, 4.69) is 20.9 Å². The standard InChI is InChI=1S/C24H19BrN2O5/c1-31-17-8-6-16(7-9-17)27-21(15-4-3-11-26-13-15)20(23(29)24(27)30)22(28)14-5-10-19(32-2)18(25)12-14/h3-13,21,28H,1-2H3/b22-20-. The second kappa shape index (κ2) is 8.84. The highest BCUT2D eigenvalue weighted by molar-refractivity contribution is 9.10. The van der Waals surface area contributed by atoms with Crippen molar-refractivity contribution < 1.29 is 24.2 Å². The Balaban J connectivity index is 1.90. The Morgan fingerprint density at radius 2 is 1.81 bits per heavy atom. The molecule has 162 valence electrons. The number of methoxy groups -OCH3 is 2. The number of hydrogen-bond donors (Lipinski definition) is 1. The molecule has 1 fully saturated rings. The van der Waals surface area contributed by atoms with Gasteiger partial charge in [0.2, 0.25) is 0 Å². The predicted octanol–water partition coefficient (Wildman–Crippen LogP) is 4.49. The Kier molecular flexibility index (Phi) is 5.96. The molecular weight excluding hydrogens is 476 g/mol. The number of benzene rings is 2. The zero-order valence-corrected chi connectivity index (χ0v) is 18.9. The summed E-state index contributed by atoms with van der Waals surface area (Å²) in [6.07, 6.45) is 3.17. The van der Waals surface area contributed by atoms with Crippen molar-refractivity contribution in [1.82, 2.24) is 4.98 Å². The zero-order valence-electron chi connectivity index (χ0n) is 17.3. The van der Waals surface area contributed by atoms with Gasteiger partial charge in [0.25, 0.3) is 11.7 Å². The number of rotatable bonds is 5. The minimum atomic E-state index is -0.849. The molecule has 2 heterocycles. The Hall–Kier alpha value is -3.65. The highest BCUT2D eigenvalue weighted by atomic mass is 79.9. The molecule has 1 atom stereocenters. The molecule has 8 heteroatoms. The average Bonchev–Trinajstić information content (AvgIpc) is 3.09. The van der Waals surface area contributed by atoms with E-state index >= 15 is 0 Å². The number of amides is 1. The van der Waals surface area contributed by atoms with Crippen LogP contribution in [0.5, 0.6) is 11.5 Å². The molecule has 0 bridgehead atoms. The maximum absolute atomic E-state index is 13.1. The topological polar surface area (TPSA) is 89.0 Å². The number of ketones is 1. The van der Waals surface area contributed by atoms with Gasteiger partial charge in [0.05, 0.1) is 30.3 Å². The molecule has 1 aliphatic rings. The largest absolute Gasteiger partial charge is 0.507 e. The fourth-order valence-corrected chi connectivity index (χ4v) is 4.20. The molecule has 0 aliphatic carbocycles. The minimum Gasteiger partial charge on any atom is -0.507 e. The summed E-state index contributed by atoms with van der Waals surface area (Å²) in [4.78, 5) is 31.7. The number of nitrogens with zero attached hydrogens (tertiary/aromatic N) is 2. The van der Waals surface area contributed by atoms with E-state index < -0.39 is 17.7 Å². The van der Waals surface area contributed by atoms with Crippen LogP contribution in [-0.2, 0) is 9.59 Å². The molecule has 1 aliphatic heterocycles. The van der Waals surface area contributed by atoms with Crippen LogP contribution in [0.2, 0.25) is 0 Å². The summed E-state index contributed by atoms with van der Waals surface area (Å²) in [5, 5.41) is 11.2. The molecular formula is C24H19BrN2O5. The summed E-state index contributed by atoms with van der Waals surface area (Å²) in [5.74, 6) is -0.607. The van der Waals surface area contributed by atoms with Gasteiger partial charge in [-0.25, -0.2) is 0 Å². The summed E-state index contributed by atoms with van der Waals surface area (Å²) < 4.78 is 11.0. The van der Waals surface area contributed by atoms with Gasteiger partial charge in [-0.3, -0.25) is 19.5 Å². The van der Waals surface area contributed by atoms with E-state index in [-0.39, 0.29) is 11.3 Å². The van der Waals surface area contributed by atoms with Crippen molar-refractivity contribution in [2.75, 3.05) is 19.1 Å². The molecule has 3 aromatic rings. The zero-order chi connectivity index (χ0) is 22.8. The number of aromatic nitrogens is 1. The number of carbonyl (C=O) groups is 2. The third-order valence-electron chi connectivity index (χ3n) is 5.22. The summed E-state index contributed by atoms with van der Waals surface area (Å²) >= 11 is 3.39. The van der Waals surface area contributed by atoms with E-state index in [1.54, 1.807) is 74.1 Å². The maximum atomic E-state index is 13.1. The Morgan fingerprint density at radius 1 is 1.06 bits per heavy atom. The van der Waals surface area contributed by atoms with Gasteiger partial charge >= 0.3 is 0 Å². The van der Waals surface area contributed by atoms with Crippen molar-refractivity contribution in [3.63, 3.8) is 0 Å². The highest BCUT2D eigenvalue weighted by Gasteiger charge is 2.47. The van der Waals surface area contributed by atoms with Crippen molar-refractivity contribution in [2.24, 2.45) is 0 Å². The predicted molar refractivity (Wildman–Crippen MR) is 123 cm³/mol. The molecule has 1 N–H and O–H groups in total. The number of hydrogen-bond acceptors (Lipinski definition) is 6. The van der Waals surface area contributed by atoms with E-state index in [1.165, 1.54) is 12.0 Å². The Morgan fingerprint density at radius 3 is 2.41 bits per heavy atom. The Labute approximate surface area is 193 Å². The smallest absolute Gasteiger partial charge is 0.300 e. The quantitative estimate of drug-likeness (QED) is 0.319. The van der Waals surface area contributed by atoms with Crippen molar-refractivity contribution in [1.29, 1.82) is 0 Å². The second-order valence-corrected chi connectivity index (χ2v) is 7.86. The molecule has 0 spiro atoms. The van der Waals surface area contributed by atoms with Crippen LogP contribution < -0.4 is 14.4 Å². The molecule has 1 saturated heterocycles. The lowest BCUT2D eigenvalue weighted by Crippen LogP contribution is -2.29. The van der Waals surface area contributed by atoms with Crippen molar-refractivity contribution in [3.8, 4) is 11.5 Å². The number of Topliss-reactive ketones (excluding diaryl/α,β-unsaturated/α-hetero) is 1. The highest BCUT2D eigenvalue weighted by Crippen LogP contribution is 2.42. The van der Waals surface area contributed by atoms with Gasteiger partial charge in [-0.05, 0) is 70.0 Å². The van der Waals surface area contributed by atoms with Crippen molar-refractivity contribution >= 4 is 39.1 Å². The summed E-state index contributed by atoms with van der Waals surface area (Å²) in [7, 11) is 3.08. The SMILES string of the molecule is COc1ccc(N2C(=O)C(=O)/C(=C(\O)c3ccc(OC)c(Br)c3)C2c2cccnc2)cc1. The van der Waals surface area contributed by atoms with E-state index in [1.807, 2.05) is 0 Å². The van der Waals surface area contributed by atoms with Gasteiger partial charge in [-0.1, -0.05) is 6.07 Å². The number of anilines is 1. The van der Waals surface area contributed by atoms with Crippen LogP contribution in [0.4, 0.5) is 5.69 Å². The number of ether oxygens (including phenoxy) is 2. The first-order valence-electron chi connectivity index (χ1n) is 9.65. The van der Waals surface area contributed by atoms with Gasteiger partial charge in [-0.15, -0.1) is 0 Å². The molecule has 32 heavy (non-hydrogen) atoms. The Bertz CT molecular complexity index is 1210. The average molecular weight is 495 g/mol. The molecule has 7 nitrogen and oxygen atoms in total. The normalized spacial score (nSPS) is 17.5. The molecule has 1 unspecified atom stereocenters. The van der Waals surface area contributed by atoms with E-state index in [4.69, 9.17) is 9.47 Å². The van der Waals surface area contributed by atoms with Crippen molar-refractivity contribution in [2.45, 2.75) is 6.04 Å². The molecule has 0 radical (unpaired) electrons. The van der Waals surface area contributed by atoms with Crippen LogP contribution in [0, 0.1) is 0 Å². The van der Waals surface area contributed by atoms with E-state index in [0.717, 1.165) is 0 Å². The summed E-state index contributed by atoms with van der Waals surface area (Å²) in [6, 6.07) is 14.3. The van der Waals surface area contributed by atoms with Crippen molar-refractivity contribution in [3.05, 3.63) is 88.2 Å². The molecule has 0 saturated carbocycles. The first kappa shape index (κ1) is 21.6. The van der Waals surface area contributed by atoms with Gasteiger partial charge in [0.15, 0.2) is 0 Å². The minimum absolute atomic E-state index is 0.0177. The van der Waals surface area contributed by atoms with Gasteiger partial charge in [0.1, 0.15) is 17.3 Å². The van der Waals surface area contributed by atoms with E-state index in [9.17, 15) is 14.7 Å². The number of pyridine rings is 1. The third-order valence-corrected chi connectivity index (χ3v) is 5.84. The number of aliphatic hydroxyl groups is 1. The van der Waals surface area contributed by atoms with E-state index in [0.29, 0.717) is 32.8 Å². The first-order valence-corrected chi connectivity index (χ1v) is 10.4. The second-order valence-electron chi connectivity index (χ2n) is 7.00. The molecule has 4 rings (SSSR count). The lowest BCUT2D eigenvalue weighted by Gasteiger charge is -2.25. The van der Waals surface area contributed by atoms with Crippen LogP contribution >= 0.6 is 15.9 Å². The fraction of sp³-hybridized carbons (Fsp3) is 0.125. The third kappa shape index (κ3) is 3.73. The number of halogens is 1. The van der Waals surface area contributed by atoms with Crippen LogP contribution in [0.15, 0.2) is 77.0 Å². The van der Waals surface area contributed by atoms with Crippen LogP contribution in [0.1, 0.15) is 17.2 Å². The maximum Gasteiger partial charge on any atom is 0.300 e. The number of aliphatic hydroxyl groups excluding tert-OH is 1. The first-order chi connectivity index (χ1) is 15.5. The van der Waals surface area contributed by atoms with Crippen LogP contribution in [0.25, 0.3) is 5.76 Å². The monoisotopic (exact) mass is 494 g/mol. The van der Waals surface area contributed by atoms with Gasteiger partial charge in [-0.2, -0.15) is 0 Å². The summed E-state index contributed by atoms with van der Waals surface area (Å²) in [6.45, 7) is 0.